The Labute approximate surface area is 82.6 Å². The van der Waals surface area contributed by atoms with Crippen LogP contribution >= 0.6 is 0 Å². The van der Waals surface area contributed by atoms with Crippen LogP contribution in [-0.2, 0) is 6.54 Å². The Balaban J connectivity index is 3.22. The van der Waals surface area contributed by atoms with Crippen LogP contribution in [0, 0.1) is 12.8 Å². The topological polar surface area (TPSA) is 52.0 Å². The van der Waals surface area contributed by atoms with Gasteiger partial charge in [0.25, 0.3) is 5.56 Å². The van der Waals surface area contributed by atoms with Crippen LogP contribution < -0.4 is 5.56 Å². The first-order chi connectivity index (χ1) is 6.54. The molecule has 0 spiro atoms. The van der Waals surface area contributed by atoms with Crippen LogP contribution in [0.4, 0.5) is 0 Å². The molecule has 76 valence electrons. The second-order valence-electron chi connectivity index (χ2n) is 3.74. The number of hydrogen-bond acceptors (Lipinski definition) is 3. The van der Waals surface area contributed by atoms with Gasteiger partial charge in [0.2, 0.25) is 0 Å². The summed E-state index contributed by atoms with van der Waals surface area (Å²) in [5.74, 6) is 0.335. The average molecular weight is 194 g/mol. The smallest absolute Gasteiger partial charge is 0.277 e. The van der Waals surface area contributed by atoms with Crippen molar-refractivity contribution in [1.29, 1.82) is 0 Å². The number of rotatable bonds is 3. The first-order valence-electron chi connectivity index (χ1n) is 4.58. The second-order valence-corrected chi connectivity index (χ2v) is 3.74. The van der Waals surface area contributed by atoms with E-state index < -0.39 is 0 Å². The second kappa shape index (κ2) is 4.17. The molecule has 0 saturated carbocycles. The molecule has 0 amide bonds. The molecule has 0 aliphatic heterocycles. The third kappa shape index (κ3) is 2.28. The molecule has 1 rings (SSSR count). The van der Waals surface area contributed by atoms with E-state index in [9.17, 15) is 9.59 Å². The molecule has 0 unspecified atom stereocenters. The fourth-order valence-corrected chi connectivity index (χ4v) is 1.25. The van der Waals surface area contributed by atoms with Gasteiger partial charge < -0.3 is 0 Å². The summed E-state index contributed by atoms with van der Waals surface area (Å²) in [6.07, 6.45) is 0.577. The van der Waals surface area contributed by atoms with E-state index in [-0.39, 0.29) is 11.1 Å². The summed E-state index contributed by atoms with van der Waals surface area (Å²) in [5.41, 5.74) is 0.560. The van der Waals surface area contributed by atoms with Gasteiger partial charge in [-0.05, 0) is 18.9 Å². The lowest BCUT2D eigenvalue weighted by Crippen LogP contribution is -2.28. The molecule has 0 aromatic carbocycles. The maximum absolute atomic E-state index is 11.6. The fourth-order valence-electron chi connectivity index (χ4n) is 1.25. The number of hydrogen-bond donors (Lipinski definition) is 0. The third-order valence-electron chi connectivity index (χ3n) is 1.79. The number of nitrogens with zero attached hydrogens (tertiary/aromatic N) is 2. The monoisotopic (exact) mass is 194 g/mol. The van der Waals surface area contributed by atoms with E-state index in [4.69, 9.17) is 0 Å². The predicted octanol–water partition coefficient (Wildman–Crippen LogP) is 1.02. The summed E-state index contributed by atoms with van der Waals surface area (Å²) in [6, 6.07) is 1.51. The Bertz CT molecular complexity index is 394. The van der Waals surface area contributed by atoms with Crippen molar-refractivity contribution < 1.29 is 4.79 Å². The van der Waals surface area contributed by atoms with Crippen LogP contribution in [0.15, 0.2) is 10.9 Å². The SMILES string of the molecule is Cc1cc(C=O)c(=O)n(CC(C)C)n1. The number of aryl methyl sites for hydroxylation is 1. The number of aromatic nitrogens is 2. The highest BCUT2D eigenvalue weighted by atomic mass is 16.1. The molecular weight excluding hydrogens is 180 g/mol. The predicted molar refractivity (Wildman–Crippen MR) is 53.5 cm³/mol. The maximum atomic E-state index is 11.6. The molecule has 0 saturated heterocycles. The molecule has 0 atom stereocenters. The van der Waals surface area contributed by atoms with E-state index in [1.165, 1.54) is 10.7 Å². The van der Waals surface area contributed by atoms with E-state index >= 15 is 0 Å². The summed E-state index contributed by atoms with van der Waals surface area (Å²) in [4.78, 5) is 22.1. The van der Waals surface area contributed by atoms with Gasteiger partial charge in [-0.15, -0.1) is 0 Å². The van der Waals surface area contributed by atoms with Crippen molar-refractivity contribution in [2.24, 2.45) is 5.92 Å². The maximum Gasteiger partial charge on any atom is 0.277 e. The zero-order chi connectivity index (χ0) is 10.7. The van der Waals surface area contributed by atoms with Crippen LogP contribution in [0.1, 0.15) is 29.9 Å². The van der Waals surface area contributed by atoms with Gasteiger partial charge >= 0.3 is 0 Å². The van der Waals surface area contributed by atoms with Crippen LogP contribution in [0.5, 0.6) is 0 Å². The molecule has 0 aliphatic rings. The highest BCUT2D eigenvalue weighted by Gasteiger charge is 2.06. The fraction of sp³-hybridized carbons (Fsp3) is 0.500. The molecule has 4 heteroatoms. The zero-order valence-corrected chi connectivity index (χ0v) is 8.65. The van der Waals surface area contributed by atoms with Gasteiger partial charge in [0, 0.05) is 6.54 Å². The molecule has 0 N–H and O–H groups in total. The lowest BCUT2D eigenvalue weighted by Gasteiger charge is -2.08. The number of carbonyl (C=O) groups is 1. The lowest BCUT2D eigenvalue weighted by atomic mass is 10.2. The molecule has 0 bridgehead atoms. The standard InChI is InChI=1S/C10H14N2O2/c1-7(2)5-12-10(14)9(6-13)4-8(3)11-12/h4,6-7H,5H2,1-3H3. The Morgan fingerprint density at radius 2 is 2.21 bits per heavy atom. The Morgan fingerprint density at radius 3 is 2.71 bits per heavy atom. The van der Waals surface area contributed by atoms with E-state index in [0.29, 0.717) is 24.4 Å². The zero-order valence-electron chi connectivity index (χ0n) is 8.65. The van der Waals surface area contributed by atoms with Gasteiger partial charge in [0.1, 0.15) is 0 Å². The summed E-state index contributed by atoms with van der Waals surface area (Å²) in [6.45, 7) is 6.30. The van der Waals surface area contributed by atoms with Crippen LogP contribution in [0.2, 0.25) is 0 Å². The van der Waals surface area contributed by atoms with Crippen molar-refractivity contribution in [1.82, 2.24) is 9.78 Å². The van der Waals surface area contributed by atoms with Gasteiger partial charge in [-0.3, -0.25) is 9.59 Å². The minimum absolute atomic E-state index is 0.179. The summed E-state index contributed by atoms with van der Waals surface area (Å²) >= 11 is 0. The summed E-state index contributed by atoms with van der Waals surface area (Å²) < 4.78 is 1.35. The largest absolute Gasteiger partial charge is 0.298 e. The van der Waals surface area contributed by atoms with Crippen LogP contribution in [0.25, 0.3) is 0 Å². The summed E-state index contributed by atoms with van der Waals surface area (Å²) in [7, 11) is 0. The first kappa shape index (κ1) is 10.6. The van der Waals surface area contributed by atoms with Gasteiger partial charge in [-0.25, -0.2) is 4.68 Å². The molecule has 4 nitrogen and oxygen atoms in total. The normalized spacial score (nSPS) is 10.6. The van der Waals surface area contributed by atoms with Gasteiger partial charge in [0.05, 0.1) is 11.3 Å². The van der Waals surface area contributed by atoms with Crippen LogP contribution in [0.3, 0.4) is 0 Å². The molecule has 1 aromatic rings. The van der Waals surface area contributed by atoms with E-state index in [2.05, 4.69) is 5.10 Å². The number of carbonyl (C=O) groups excluding carboxylic acids is 1. The molecule has 1 heterocycles. The Morgan fingerprint density at radius 1 is 1.57 bits per heavy atom. The highest BCUT2D eigenvalue weighted by molar-refractivity contribution is 5.73. The van der Waals surface area contributed by atoms with E-state index in [0.717, 1.165) is 0 Å². The Hall–Kier alpha value is -1.45. The van der Waals surface area contributed by atoms with Gasteiger partial charge in [-0.2, -0.15) is 5.10 Å². The van der Waals surface area contributed by atoms with E-state index in [1.54, 1.807) is 6.92 Å². The van der Waals surface area contributed by atoms with Crippen molar-refractivity contribution in [3.63, 3.8) is 0 Å². The molecule has 0 radical (unpaired) electrons. The van der Waals surface area contributed by atoms with Crippen molar-refractivity contribution in [3.05, 3.63) is 27.7 Å². The molecule has 14 heavy (non-hydrogen) atoms. The lowest BCUT2D eigenvalue weighted by molar-refractivity contribution is 0.112. The quantitative estimate of drug-likeness (QED) is 0.675. The minimum atomic E-state index is -0.306. The molecule has 0 fully saturated rings. The van der Waals surface area contributed by atoms with Gasteiger partial charge in [0.15, 0.2) is 6.29 Å². The summed E-state index contributed by atoms with van der Waals surface area (Å²) in [5, 5.41) is 4.07. The Kier molecular flexibility index (Phi) is 3.17. The van der Waals surface area contributed by atoms with Crippen molar-refractivity contribution in [3.8, 4) is 0 Å². The first-order valence-corrected chi connectivity index (χ1v) is 4.58. The third-order valence-corrected chi connectivity index (χ3v) is 1.79. The molecule has 0 aliphatic carbocycles. The minimum Gasteiger partial charge on any atom is -0.298 e. The molecule has 1 aromatic heterocycles. The van der Waals surface area contributed by atoms with Crippen molar-refractivity contribution in [2.45, 2.75) is 27.3 Å². The van der Waals surface area contributed by atoms with Gasteiger partial charge in [-0.1, -0.05) is 13.8 Å². The highest BCUT2D eigenvalue weighted by Crippen LogP contribution is 1.97. The van der Waals surface area contributed by atoms with Crippen molar-refractivity contribution >= 4 is 6.29 Å². The van der Waals surface area contributed by atoms with Crippen molar-refractivity contribution in [2.75, 3.05) is 0 Å². The average Bonchev–Trinajstić information content (AvgIpc) is 2.09. The number of aldehydes is 1. The molecular formula is C10H14N2O2. The van der Waals surface area contributed by atoms with Crippen LogP contribution in [-0.4, -0.2) is 16.1 Å². The van der Waals surface area contributed by atoms with E-state index in [1.807, 2.05) is 13.8 Å².